The number of rotatable bonds is 5. The van der Waals surface area contributed by atoms with Crippen LogP contribution in [0.25, 0.3) is 10.8 Å². The van der Waals surface area contributed by atoms with E-state index < -0.39 is 5.91 Å². The van der Waals surface area contributed by atoms with Gasteiger partial charge in [0.05, 0.1) is 11.1 Å². The van der Waals surface area contributed by atoms with Crippen LogP contribution in [0.2, 0.25) is 0 Å². The van der Waals surface area contributed by atoms with Crippen LogP contribution in [0.3, 0.4) is 0 Å². The fraction of sp³-hybridized carbons (Fsp3) is 0.200. The molecule has 3 aromatic rings. The van der Waals surface area contributed by atoms with Crippen LogP contribution in [0.1, 0.15) is 35.8 Å². The molecule has 2 aromatic carbocycles. The minimum absolute atomic E-state index is 0.176. The number of carbonyl (C=O) groups excluding carboxylic acids is 1. The highest BCUT2D eigenvalue weighted by molar-refractivity contribution is 6.06. The summed E-state index contributed by atoms with van der Waals surface area (Å²) in [6.45, 7) is 2.06. The third kappa shape index (κ3) is 3.54. The molecule has 1 aromatic heterocycles. The quantitative estimate of drug-likeness (QED) is 0.569. The van der Waals surface area contributed by atoms with Gasteiger partial charge in [0.1, 0.15) is 0 Å². The SMILES string of the molecule is CCC/C(=N/NC(=O)c1nn(C)c(=O)c2ccccc12)c1ccccc1. The van der Waals surface area contributed by atoms with Crippen molar-refractivity contribution in [1.29, 1.82) is 0 Å². The first-order valence-corrected chi connectivity index (χ1v) is 8.50. The number of amides is 1. The summed E-state index contributed by atoms with van der Waals surface area (Å²) in [4.78, 5) is 24.8. The van der Waals surface area contributed by atoms with Gasteiger partial charge in [-0.15, -0.1) is 0 Å². The number of aromatic nitrogens is 2. The van der Waals surface area contributed by atoms with Gasteiger partial charge < -0.3 is 0 Å². The van der Waals surface area contributed by atoms with E-state index in [0.29, 0.717) is 10.8 Å². The summed E-state index contributed by atoms with van der Waals surface area (Å²) in [5.74, 6) is -0.443. The second-order valence-electron chi connectivity index (χ2n) is 5.94. The highest BCUT2D eigenvalue weighted by atomic mass is 16.2. The predicted octanol–water partition coefficient (Wildman–Crippen LogP) is 2.87. The molecule has 0 atom stereocenters. The monoisotopic (exact) mass is 348 g/mol. The normalized spacial score (nSPS) is 11.5. The molecule has 0 aliphatic heterocycles. The molecule has 1 amide bonds. The van der Waals surface area contributed by atoms with E-state index in [-0.39, 0.29) is 11.3 Å². The van der Waals surface area contributed by atoms with Crippen LogP contribution in [-0.4, -0.2) is 21.4 Å². The first kappa shape index (κ1) is 17.5. The molecule has 1 heterocycles. The van der Waals surface area contributed by atoms with Crippen molar-refractivity contribution in [3.05, 3.63) is 76.2 Å². The molecular weight excluding hydrogens is 328 g/mol. The van der Waals surface area contributed by atoms with E-state index in [1.807, 2.05) is 30.3 Å². The van der Waals surface area contributed by atoms with Crippen LogP contribution in [0, 0.1) is 0 Å². The first-order chi connectivity index (χ1) is 12.6. The highest BCUT2D eigenvalue weighted by Gasteiger charge is 2.15. The molecule has 6 nitrogen and oxygen atoms in total. The Kier molecular flexibility index (Phi) is 5.22. The van der Waals surface area contributed by atoms with Crippen molar-refractivity contribution >= 4 is 22.4 Å². The Morgan fingerprint density at radius 3 is 2.42 bits per heavy atom. The number of fused-ring (bicyclic) bond motifs is 1. The predicted molar refractivity (Wildman–Crippen MR) is 102 cm³/mol. The number of hydrogen-bond acceptors (Lipinski definition) is 4. The smallest absolute Gasteiger partial charge is 0.267 e. The maximum atomic E-state index is 12.7. The minimum atomic E-state index is -0.443. The molecule has 3 rings (SSSR count). The zero-order chi connectivity index (χ0) is 18.5. The lowest BCUT2D eigenvalue weighted by molar-refractivity contribution is 0.0949. The minimum Gasteiger partial charge on any atom is -0.267 e. The van der Waals surface area contributed by atoms with Crippen LogP contribution < -0.4 is 11.0 Å². The molecule has 0 bridgehead atoms. The van der Waals surface area contributed by atoms with Crippen LogP contribution in [0.4, 0.5) is 0 Å². The summed E-state index contributed by atoms with van der Waals surface area (Å²) < 4.78 is 1.17. The maximum Gasteiger partial charge on any atom is 0.292 e. The van der Waals surface area contributed by atoms with Crippen LogP contribution >= 0.6 is 0 Å². The van der Waals surface area contributed by atoms with Crippen molar-refractivity contribution in [3.8, 4) is 0 Å². The molecule has 0 spiro atoms. The van der Waals surface area contributed by atoms with Gasteiger partial charge in [0.2, 0.25) is 0 Å². The lowest BCUT2D eigenvalue weighted by Crippen LogP contribution is -2.27. The summed E-state index contributed by atoms with van der Waals surface area (Å²) in [5.41, 5.74) is 4.30. The Bertz CT molecular complexity index is 1020. The van der Waals surface area contributed by atoms with Crippen molar-refractivity contribution < 1.29 is 4.79 Å². The Hall–Kier alpha value is -3.28. The van der Waals surface area contributed by atoms with E-state index in [1.54, 1.807) is 24.3 Å². The first-order valence-electron chi connectivity index (χ1n) is 8.50. The number of hydrogen-bond donors (Lipinski definition) is 1. The van der Waals surface area contributed by atoms with Gasteiger partial charge in [0.25, 0.3) is 11.5 Å². The van der Waals surface area contributed by atoms with Gasteiger partial charge in [-0.2, -0.15) is 10.2 Å². The zero-order valence-electron chi connectivity index (χ0n) is 14.8. The van der Waals surface area contributed by atoms with E-state index in [9.17, 15) is 9.59 Å². The van der Waals surface area contributed by atoms with Crippen molar-refractivity contribution in [2.24, 2.45) is 12.1 Å². The van der Waals surface area contributed by atoms with Gasteiger partial charge in [0.15, 0.2) is 5.69 Å². The van der Waals surface area contributed by atoms with E-state index >= 15 is 0 Å². The van der Waals surface area contributed by atoms with Crippen molar-refractivity contribution in [2.45, 2.75) is 19.8 Å². The van der Waals surface area contributed by atoms with Crippen LogP contribution in [0.5, 0.6) is 0 Å². The standard InChI is InChI=1S/C20H20N4O2/c1-3-9-17(14-10-5-4-6-11-14)21-22-19(25)18-15-12-7-8-13-16(15)20(26)24(2)23-18/h4-8,10-13H,3,9H2,1-2H3,(H,22,25)/b21-17-. The zero-order valence-corrected chi connectivity index (χ0v) is 14.8. The number of hydrazone groups is 1. The fourth-order valence-electron chi connectivity index (χ4n) is 2.77. The number of nitrogens with one attached hydrogen (secondary N) is 1. The molecule has 0 unspecified atom stereocenters. The molecule has 6 heteroatoms. The van der Waals surface area contributed by atoms with Gasteiger partial charge in [-0.25, -0.2) is 10.1 Å². The molecule has 0 radical (unpaired) electrons. The topological polar surface area (TPSA) is 76.3 Å². The molecular formula is C20H20N4O2. The average molecular weight is 348 g/mol. The molecule has 0 aliphatic rings. The van der Waals surface area contributed by atoms with Crippen LogP contribution in [-0.2, 0) is 7.05 Å². The molecule has 132 valence electrons. The maximum absolute atomic E-state index is 12.7. The Balaban J connectivity index is 1.96. The van der Waals surface area contributed by atoms with E-state index in [2.05, 4.69) is 22.5 Å². The number of carbonyl (C=O) groups is 1. The second kappa shape index (κ2) is 7.74. The molecule has 0 fully saturated rings. The molecule has 26 heavy (non-hydrogen) atoms. The van der Waals surface area contributed by atoms with E-state index in [4.69, 9.17) is 0 Å². The van der Waals surface area contributed by atoms with E-state index in [1.165, 1.54) is 11.7 Å². The van der Waals surface area contributed by atoms with Gasteiger partial charge >= 0.3 is 0 Å². The lowest BCUT2D eigenvalue weighted by Gasteiger charge is -2.08. The summed E-state index contributed by atoms with van der Waals surface area (Å²) >= 11 is 0. The Morgan fingerprint density at radius 1 is 1.08 bits per heavy atom. The van der Waals surface area contributed by atoms with Gasteiger partial charge in [-0.3, -0.25) is 9.59 Å². The third-order valence-electron chi connectivity index (χ3n) is 4.06. The molecule has 0 saturated heterocycles. The number of nitrogens with zero attached hydrogens (tertiary/aromatic N) is 3. The second-order valence-corrected chi connectivity index (χ2v) is 5.94. The number of aryl methyl sites for hydroxylation is 1. The number of benzene rings is 2. The highest BCUT2D eigenvalue weighted by Crippen LogP contribution is 2.13. The molecule has 1 N–H and O–H groups in total. The van der Waals surface area contributed by atoms with Gasteiger partial charge in [0, 0.05) is 12.4 Å². The Morgan fingerprint density at radius 2 is 1.73 bits per heavy atom. The summed E-state index contributed by atoms with van der Waals surface area (Å²) in [6, 6.07) is 16.7. The largest absolute Gasteiger partial charge is 0.292 e. The van der Waals surface area contributed by atoms with Crippen LogP contribution in [0.15, 0.2) is 64.5 Å². The summed E-state index contributed by atoms with van der Waals surface area (Å²) in [7, 11) is 1.53. The summed E-state index contributed by atoms with van der Waals surface area (Å²) in [6.07, 6.45) is 1.65. The van der Waals surface area contributed by atoms with Crippen molar-refractivity contribution in [2.75, 3.05) is 0 Å². The molecule has 0 aliphatic carbocycles. The average Bonchev–Trinajstić information content (AvgIpc) is 2.68. The van der Waals surface area contributed by atoms with Crippen molar-refractivity contribution in [3.63, 3.8) is 0 Å². The third-order valence-corrected chi connectivity index (χ3v) is 4.06. The molecule has 0 saturated carbocycles. The fourth-order valence-corrected chi connectivity index (χ4v) is 2.77. The Labute approximate surface area is 151 Å². The summed E-state index contributed by atoms with van der Waals surface area (Å²) in [5, 5.41) is 9.40. The lowest BCUT2D eigenvalue weighted by atomic mass is 10.1. The van der Waals surface area contributed by atoms with Gasteiger partial charge in [-0.1, -0.05) is 61.9 Å². The van der Waals surface area contributed by atoms with E-state index in [0.717, 1.165) is 24.1 Å². The van der Waals surface area contributed by atoms with Crippen molar-refractivity contribution in [1.82, 2.24) is 15.2 Å². The van der Waals surface area contributed by atoms with Gasteiger partial charge in [-0.05, 0) is 18.1 Å².